The predicted molar refractivity (Wildman–Crippen MR) is 97.9 cm³/mol. The number of hydrogen-bond acceptors (Lipinski definition) is 5. The SMILES string of the molecule is CC(C)(C)c1ccccc1Nc1nncc(Nc2ccc(F)cc2)n1. The maximum Gasteiger partial charge on any atom is 0.249 e. The highest BCUT2D eigenvalue weighted by Gasteiger charge is 2.18. The van der Waals surface area contributed by atoms with Crippen LogP contribution in [0.5, 0.6) is 0 Å². The second-order valence-electron chi connectivity index (χ2n) is 6.72. The minimum atomic E-state index is -0.285. The summed E-state index contributed by atoms with van der Waals surface area (Å²) < 4.78 is 13.0. The Morgan fingerprint density at radius 3 is 2.36 bits per heavy atom. The number of nitrogens with zero attached hydrogens (tertiary/aromatic N) is 3. The first-order chi connectivity index (χ1) is 11.9. The van der Waals surface area contributed by atoms with E-state index >= 15 is 0 Å². The van der Waals surface area contributed by atoms with Crippen molar-refractivity contribution in [3.05, 3.63) is 66.1 Å². The van der Waals surface area contributed by atoms with E-state index in [-0.39, 0.29) is 11.2 Å². The quantitative estimate of drug-likeness (QED) is 0.716. The Morgan fingerprint density at radius 2 is 1.64 bits per heavy atom. The van der Waals surface area contributed by atoms with Gasteiger partial charge in [-0.1, -0.05) is 39.0 Å². The summed E-state index contributed by atoms with van der Waals surface area (Å²) in [5, 5.41) is 14.3. The van der Waals surface area contributed by atoms with E-state index < -0.39 is 0 Å². The molecule has 0 atom stereocenters. The molecule has 25 heavy (non-hydrogen) atoms. The van der Waals surface area contributed by atoms with Crippen LogP contribution >= 0.6 is 0 Å². The molecule has 3 aromatic rings. The van der Waals surface area contributed by atoms with E-state index in [0.29, 0.717) is 11.8 Å². The lowest BCUT2D eigenvalue weighted by atomic mass is 9.86. The molecule has 0 saturated heterocycles. The van der Waals surface area contributed by atoms with Crippen molar-refractivity contribution in [1.82, 2.24) is 15.2 Å². The van der Waals surface area contributed by atoms with E-state index in [1.54, 1.807) is 12.1 Å². The fraction of sp³-hybridized carbons (Fsp3) is 0.211. The standard InChI is InChI=1S/C19H20FN5/c1-19(2,3)15-6-4-5-7-16(15)23-18-24-17(12-21-25-18)22-14-10-8-13(20)9-11-14/h4-12H,1-3H3,(H2,22,23,24,25). The van der Waals surface area contributed by atoms with E-state index in [2.05, 4.69) is 52.7 Å². The van der Waals surface area contributed by atoms with Gasteiger partial charge in [-0.05, 0) is 41.3 Å². The summed E-state index contributed by atoms with van der Waals surface area (Å²) in [5.41, 5.74) is 2.82. The molecule has 0 radical (unpaired) electrons. The van der Waals surface area contributed by atoms with Gasteiger partial charge in [0.1, 0.15) is 5.82 Å². The highest BCUT2D eigenvalue weighted by molar-refractivity contribution is 5.62. The van der Waals surface area contributed by atoms with Crippen LogP contribution in [0, 0.1) is 5.82 Å². The largest absolute Gasteiger partial charge is 0.339 e. The van der Waals surface area contributed by atoms with Crippen LogP contribution in [0.3, 0.4) is 0 Å². The van der Waals surface area contributed by atoms with Gasteiger partial charge in [-0.3, -0.25) is 0 Å². The van der Waals surface area contributed by atoms with Crippen molar-refractivity contribution in [3.8, 4) is 0 Å². The normalized spacial score (nSPS) is 11.2. The van der Waals surface area contributed by atoms with Crippen molar-refractivity contribution in [1.29, 1.82) is 0 Å². The molecule has 128 valence electrons. The Morgan fingerprint density at radius 1 is 0.920 bits per heavy atom. The molecular formula is C19H20FN5. The third-order valence-corrected chi connectivity index (χ3v) is 3.66. The third kappa shape index (κ3) is 4.29. The van der Waals surface area contributed by atoms with Crippen LogP contribution in [0.1, 0.15) is 26.3 Å². The first kappa shape index (κ1) is 16.8. The Balaban J connectivity index is 1.82. The molecule has 1 aromatic heterocycles. The molecule has 5 nitrogen and oxygen atoms in total. The molecule has 0 aliphatic heterocycles. The highest BCUT2D eigenvalue weighted by Crippen LogP contribution is 2.30. The van der Waals surface area contributed by atoms with Crippen LogP contribution in [0.4, 0.5) is 27.5 Å². The minimum absolute atomic E-state index is 0.0129. The first-order valence-electron chi connectivity index (χ1n) is 8.01. The molecule has 0 fully saturated rings. The molecule has 0 saturated carbocycles. The van der Waals surface area contributed by atoms with Crippen LogP contribution in [-0.4, -0.2) is 15.2 Å². The van der Waals surface area contributed by atoms with Gasteiger partial charge in [0.05, 0.1) is 6.20 Å². The average molecular weight is 337 g/mol. The lowest BCUT2D eigenvalue weighted by molar-refractivity contribution is 0.592. The Hall–Kier alpha value is -3.02. The number of para-hydroxylation sites is 1. The zero-order chi connectivity index (χ0) is 17.9. The second-order valence-corrected chi connectivity index (χ2v) is 6.72. The molecule has 0 bridgehead atoms. The van der Waals surface area contributed by atoms with Crippen molar-refractivity contribution in [2.45, 2.75) is 26.2 Å². The monoisotopic (exact) mass is 337 g/mol. The Bertz CT molecular complexity index is 856. The summed E-state index contributed by atoms with van der Waals surface area (Å²) in [5.74, 6) is 0.633. The van der Waals surface area contributed by atoms with Gasteiger partial charge in [-0.15, -0.1) is 5.10 Å². The van der Waals surface area contributed by atoms with E-state index in [9.17, 15) is 4.39 Å². The zero-order valence-corrected chi connectivity index (χ0v) is 14.4. The Labute approximate surface area is 146 Å². The molecule has 0 unspecified atom stereocenters. The number of nitrogens with one attached hydrogen (secondary N) is 2. The lowest BCUT2D eigenvalue weighted by Gasteiger charge is -2.22. The maximum atomic E-state index is 13.0. The van der Waals surface area contributed by atoms with Gasteiger partial charge in [0.15, 0.2) is 5.82 Å². The van der Waals surface area contributed by atoms with Crippen molar-refractivity contribution in [2.24, 2.45) is 0 Å². The minimum Gasteiger partial charge on any atom is -0.339 e. The van der Waals surface area contributed by atoms with Gasteiger partial charge in [-0.25, -0.2) is 4.39 Å². The fourth-order valence-corrected chi connectivity index (χ4v) is 2.46. The lowest BCUT2D eigenvalue weighted by Crippen LogP contribution is -2.14. The van der Waals surface area contributed by atoms with Crippen molar-refractivity contribution in [2.75, 3.05) is 10.6 Å². The molecule has 0 amide bonds. The third-order valence-electron chi connectivity index (χ3n) is 3.66. The van der Waals surface area contributed by atoms with E-state index in [0.717, 1.165) is 16.9 Å². The van der Waals surface area contributed by atoms with Gasteiger partial charge in [0.2, 0.25) is 5.95 Å². The summed E-state index contributed by atoms with van der Waals surface area (Å²) in [6.07, 6.45) is 1.52. The molecule has 0 aliphatic rings. The maximum absolute atomic E-state index is 13.0. The Kier molecular flexibility index (Phi) is 4.61. The number of rotatable bonds is 4. The first-order valence-corrected chi connectivity index (χ1v) is 8.01. The van der Waals surface area contributed by atoms with Crippen molar-refractivity contribution in [3.63, 3.8) is 0 Å². The fourth-order valence-electron chi connectivity index (χ4n) is 2.46. The molecule has 3 rings (SSSR count). The summed E-state index contributed by atoms with van der Waals surface area (Å²) in [6, 6.07) is 14.1. The van der Waals surface area contributed by atoms with Gasteiger partial charge in [0, 0.05) is 11.4 Å². The highest BCUT2D eigenvalue weighted by atomic mass is 19.1. The van der Waals surface area contributed by atoms with Gasteiger partial charge in [-0.2, -0.15) is 10.1 Å². The molecule has 2 aromatic carbocycles. The number of halogens is 1. The molecule has 2 N–H and O–H groups in total. The average Bonchev–Trinajstić information content (AvgIpc) is 2.57. The van der Waals surface area contributed by atoms with E-state index in [1.807, 2.05) is 18.2 Å². The van der Waals surface area contributed by atoms with E-state index in [4.69, 9.17) is 0 Å². The van der Waals surface area contributed by atoms with Crippen LogP contribution in [0.15, 0.2) is 54.7 Å². The summed E-state index contributed by atoms with van der Waals surface area (Å²) >= 11 is 0. The summed E-state index contributed by atoms with van der Waals surface area (Å²) in [7, 11) is 0. The predicted octanol–water partition coefficient (Wildman–Crippen LogP) is 4.80. The van der Waals surface area contributed by atoms with Gasteiger partial charge < -0.3 is 10.6 Å². The molecule has 6 heteroatoms. The summed E-state index contributed by atoms with van der Waals surface area (Å²) in [6.45, 7) is 6.46. The van der Waals surface area contributed by atoms with Crippen molar-refractivity contribution < 1.29 is 4.39 Å². The van der Waals surface area contributed by atoms with Crippen LogP contribution < -0.4 is 10.6 Å². The second kappa shape index (κ2) is 6.84. The molecule has 0 aliphatic carbocycles. The topological polar surface area (TPSA) is 62.7 Å². The summed E-state index contributed by atoms with van der Waals surface area (Å²) in [4.78, 5) is 4.42. The molecule has 0 spiro atoms. The smallest absolute Gasteiger partial charge is 0.249 e. The molecule has 1 heterocycles. The van der Waals surface area contributed by atoms with E-state index in [1.165, 1.54) is 18.3 Å². The van der Waals surface area contributed by atoms with Crippen LogP contribution in [-0.2, 0) is 5.41 Å². The number of benzene rings is 2. The number of hydrogen-bond donors (Lipinski definition) is 2. The van der Waals surface area contributed by atoms with Gasteiger partial charge >= 0.3 is 0 Å². The number of aromatic nitrogens is 3. The van der Waals surface area contributed by atoms with Crippen molar-refractivity contribution >= 4 is 23.1 Å². The number of anilines is 4. The molecular weight excluding hydrogens is 317 g/mol. The zero-order valence-electron chi connectivity index (χ0n) is 14.4. The van der Waals surface area contributed by atoms with Gasteiger partial charge in [0.25, 0.3) is 0 Å². The van der Waals surface area contributed by atoms with Crippen LogP contribution in [0.2, 0.25) is 0 Å². The van der Waals surface area contributed by atoms with Crippen LogP contribution in [0.25, 0.3) is 0 Å².